The number of aliphatic hydroxyl groups excluding tert-OH is 1. The van der Waals surface area contributed by atoms with Crippen molar-refractivity contribution in [3.8, 4) is 0 Å². The van der Waals surface area contributed by atoms with Crippen LogP contribution < -0.4 is 10.6 Å². The van der Waals surface area contributed by atoms with Crippen molar-refractivity contribution in [3.63, 3.8) is 0 Å². The number of carbonyl (C=O) groups is 1. The fraction of sp³-hybridized carbons (Fsp3) is 0.929. The summed E-state index contributed by atoms with van der Waals surface area (Å²) in [4.78, 5) is 14.1. The maximum atomic E-state index is 11.6. The van der Waals surface area contributed by atoms with Crippen LogP contribution >= 0.6 is 0 Å². The van der Waals surface area contributed by atoms with Crippen LogP contribution in [0.3, 0.4) is 0 Å². The SMILES string of the molecule is CC(C)CN1CCC(CNC(=O)N[C@H](C)CCO)C1. The molecule has 0 aromatic heterocycles. The zero-order valence-electron chi connectivity index (χ0n) is 12.5. The molecule has 0 radical (unpaired) electrons. The molecule has 0 spiro atoms. The minimum absolute atomic E-state index is 0.0195. The molecule has 1 rings (SSSR count). The molecule has 5 heteroatoms. The number of aliphatic hydroxyl groups is 1. The van der Waals surface area contributed by atoms with Gasteiger partial charge in [-0.3, -0.25) is 0 Å². The number of carbonyl (C=O) groups excluding carboxylic acids is 1. The maximum Gasteiger partial charge on any atom is 0.315 e. The van der Waals surface area contributed by atoms with Crippen LogP contribution in [0.2, 0.25) is 0 Å². The fourth-order valence-electron chi connectivity index (χ4n) is 2.54. The maximum absolute atomic E-state index is 11.6. The number of rotatable bonds is 7. The van der Waals surface area contributed by atoms with Crippen molar-refractivity contribution in [1.29, 1.82) is 0 Å². The molecule has 112 valence electrons. The van der Waals surface area contributed by atoms with Gasteiger partial charge in [0.25, 0.3) is 0 Å². The minimum Gasteiger partial charge on any atom is -0.396 e. The van der Waals surface area contributed by atoms with E-state index >= 15 is 0 Å². The summed E-state index contributed by atoms with van der Waals surface area (Å²) in [5.74, 6) is 1.27. The highest BCUT2D eigenvalue weighted by molar-refractivity contribution is 5.74. The number of hydrogen-bond donors (Lipinski definition) is 3. The third-order valence-electron chi connectivity index (χ3n) is 3.48. The lowest BCUT2D eigenvalue weighted by Crippen LogP contribution is -2.43. The summed E-state index contributed by atoms with van der Waals surface area (Å²) in [6.07, 6.45) is 1.76. The second kappa shape index (κ2) is 8.38. The second-order valence-corrected chi connectivity index (χ2v) is 6.08. The van der Waals surface area contributed by atoms with E-state index in [1.807, 2.05) is 6.92 Å². The molecule has 1 fully saturated rings. The molecule has 0 aliphatic carbocycles. The number of nitrogens with zero attached hydrogens (tertiary/aromatic N) is 1. The average Bonchev–Trinajstić information content (AvgIpc) is 2.73. The summed E-state index contributed by atoms with van der Waals surface area (Å²) in [6.45, 7) is 10.6. The van der Waals surface area contributed by atoms with Crippen LogP contribution in [-0.2, 0) is 0 Å². The second-order valence-electron chi connectivity index (χ2n) is 6.08. The van der Waals surface area contributed by atoms with Gasteiger partial charge in [0.1, 0.15) is 0 Å². The molecule has 2 amide bonds. The fourth-order valence-corrected chi connectivity index (χ4v) is 2.54. The first kappa shape index (κ1) is 16.2. The highest BCUT2D eigenvalue weighted by Crippen LogP contribution is 2.16. The Bertz CT molecular complexity index is 271. The van der Waals surface area contributed by atoms with Gasteiger partial charge < -0.3 is 20.6 Å². The molecule has 0 aromatic rings. The molecule has 1 unspecified atom stereocenters. The first-order valence-corrected chi connectivity index (χ1v) is 7.38. The Hall–Kier alpha value is -0.810. The Morgan fingerprint density at radius 2 is 2.16 bits per heavy atom. The van der Waals surface area contributed by atoms with Gasteiger partial charge in [0.2, 0.25) is 0 Å². The largest absolute Gasteiger partial charge is 0.396 e. The van der Waals surface area contributed by atoms with E-state index in [0.717, 1.165) is 26.2 Å². The first-order chi connectivity index (χ1) is 9.01. The molecule has 2 atom stereocenters. The van der Waals surface area contributed by atoms with Gasteiger partial charge in [-0.15, -0.1) is 0 Å². The summed E-state index contributed by atoms with van der Waals surface area (Å²) in [5, 5.41) is 14.5. The van der Waals surface area contributed by atoms with Gasteiger partial charge in [0.15, 0.2) is 0 Å². The van der Waals surface area contributed by atoms with Gasteiger partial charge >= 0.3 is 6.03 Å². The van der Waals surface area contributed by atoms with Gasteiger partial charge in [-0.25, -0.2) is 4.79 Å². The standard InChI is InChI=1S/C14H29N3O2/c1-11(2)9-17-6-4-13(10-17)8-15-14(19)16-12(3)5-7-18/h11-13,18H,4-10H2,1-3H3,(H2,15,16,19)/t12-,13?/m1/s1. The zero-order chi connectivity index (χ0) is 14.3. The molecule has 19 heavy (non-hydrogen) atoms. The summed E-state index contributed by atoms with van der Waals surface area (Å²) in [7, 11) is 0. The van der Waals surface area contributed by atoms with E-state index in [1.54, 1.807) is 0 Å². The number of urea groups is 1. The van der Waals surface area contributed by atoms with Crippen molar-refractivity contribution in [2.75, 3.05) is 32.8 Å². The topological polar surface area (TPSA) is 64.6 Å². The van der Waals surface area contributed by atoms with Gasteiger partial charge in [0.05, 0.1) is 0 Å². The summed E-state index contributed by atoms with van der Waals surface area (Å²) < 4.78 is 0. The van der Waals surface area contributed by atoms with Crippen LogP contribution in [0.15, 0.2) is 0 Å². The Kier molecular flexibility index (Phi) is 7.16. The molecule has 1 heterocycles. The summed E-state index contributed by atoms with van der Waals surface area (Å²) in [6, 6.07) is -0.103. The predicted molar refractivity (Wildman–Crippen MR) is 77.1 cm³/mol. The monoisotopic (exact) mass is 271 g/mol. The smallest absolute Gasteiger partial charge is 0.315 e. The number of amides is 2. The van der Waals surface area contributed by atoms with E-state index in [9.17, 15) is 4.79 Å². The third kappa shape index (κ3) is 6.78. The average molecular weight is 271 g/mol. The van der Waals surface area contributed by atoms with Crippen molar-refractivity contribution >= 4 is 6.03 Å². The quantitative estimate of drug-likeness (QED) is 0.648. The molecule has 1 aliphatic heterocycles. The highest BCUT2D eigenvalue weighted by atomic mass is 16.3. The predicted octanol–water partition coefficient (Wildman–Crippen LogP) is 1.03. The first-order valence-electron chi connectivity index (χ1n) is 7.38. The van der Waals surface area contributed by atoms with E-state index in [-0.39, 0.29) is 18.7 Å². The molecule has 5 nitrogen and oxygen atoms in total. The van der Waals surface area contributed by atoms with E-state index in [4.69, 9.17) is 5.11 Å². The molecular weight excluding hydrogens is 242 g/mol. The van der Waals surface area contributed by atoms with E-state index in [1.165, 1.54) is 6.42 Å². The Labute approximate surface area is 116 Å². The van der Waals surface area contributed by atoms with Crippen LogP contribution in [0.4, 0.5) is 4.79 Å². The van der Waals surface area contributed by atoms with Crippen molar-refractivity contribution in [1.82, 2.24) is 15.5 Å². The number of hydrogen-bond acceptors (Lipinski definition) is 3. The van der Waals surface area contributed by atoms with Crippen LogP contribution in [0.5, 0.6) is 0 Å². The van der Waals surface area contributed by atoms with Gasteiger partial charge in [0, 0.05) is 32.3 Å². The Morgan fingerprint density at radius 1 is 1.42 bits per heavy atom. The number of nitrogens with one attached hydrogen (secondary N) is 2. The molecule has 0 aromatic carbocycles. The molecule has 1 saturated heterocycles. The van der Waals surface area contributed by atoms with Crippen LogP contribution in [-0.4, -0.2) is 54.9 Å². The van der Waals surface area contributed by atoms with E-state index in [2.05, 4.69) is 29.4 Å². The summed E-state index contributed by atoms with van der Waals surface area (Å²) in [5.41, 5.74) is 0. The van der Waals surface area contributed by atoms with Crippen LogP contribution in [0.25, 0.3) is 0 Å². The highest BCUT2D eigenvalue weighted by Gasteiger charge is 2.23. The van der Waals surface area contributed by atoms with Gasteiger partial charge in [-0.1, -0.05) is 13.8 Å². The normalized spacial score (nSPS) is 21.6. The van der Waals surface area contributed by atoms with E-state index in [0.29, 0.717) is 18.3 Å². The van der Waals surface area contributed by atoms with E-state index < -0.39 is 0 Å². The lowest BCUT2D eigenvalue weighted by Gasteiger charge is -2.19. The van der Waals surface area contributed by atoms with Crippen molar-refractivity contribution in [2.24, 2.45) is 11.8 Å². The van der Waals surface area contributed by atoms with Crippen molar-refractivity contribution in [3.05, 3.63) is 0 Å². The van der Waals surface area contributed by atoms with Gasteiger partial charge in [-0.2, -0.15) is 0 Å². The lowest BCUT2D eigenvalue weighted by atomic mass is 10.1. The van der Waals surface area contributed by atoms with Crippen molar-refractivity contribution in [2.45, 2.75) is 39.7 Å². The van der Waals surface area contributed by atoms with Gasteiger partial charge in [-0.05, 0) is 38.1 Å². The third-order valence-corrected chi connectivity index (χ3v) is 3.48. The summed E-state index contributed by atoms with van der Waals surface area (Å²) >= 11 is 0. The molecular formula is C14H29N3O2. The van der Waals surface area contributed by atoms with Crippen LogP contribution in [0, 0.1) is 11.8 Å². The molecule has 1 aliphatic rings. The Balaban J connectivity index is 2.14. The molecule has 3 N–H and O–H groups in total. The lowest BCUT2D eigenvalue weighted by molar-refractivity contribution is 0.228. The Morgan fingerprint density at radius 3 is 2.79 bits per heavy atom. The van der Waals surface area contributed by atoms with Crippen LogP contribution in [0.1, 0.15) is 33.6 Å². The molecule has 0 saturated carbocycles. The van der Waals surface area contributed by atoms with Crippen molar-refractivity contribution < 1.29 is 9.90 Å². The minimum atomic E-state index is -0.122. The number of likely N-dealkylation sites (tertiary alicyclic amines) is 1. The zero-order valence-corrected chi connectivity index (χ0v) is 12.5. The molecule has 0 bridgehead atoms.